The molecular formula is C25H22N2O2. The van der Waals surface area contributed by atoms with E-state index in [1.54, 1.807) is 0 Å². The average Bonchev–Trinajstić information content (AvgIpc) is 3.41. The first-order valence-corrected chi connectivity index (χ1v) is 10.5. The second-order valence-electron chi connectivity index (χ2n) is 8.20. The molecule has 0 bridgehead atoms. The predicted octanol–water partition coefficient (Wildman–Crippen LogP) is 5.96. The van der Waals surface area contributed by atoms with Gasteiger partial charge in [0.1, 0.15) is 0 Å². The van der Waals surface area contributed by atoms with Crippen LogP contribution in [0.1, 0.15) is 48.2 Å². The van der Waals surface area contributed by atoms with Gasteiger partial charge in [0.15, 0.2) is 11.5 Å². The Balaban J connectivity index is 1.51. The molecule has 0 saturated carbocycles. The lowest BCUT2D eigenvalue weighted by molar-refractivity contribution is 0.314. The minimum atomic E-state index is -0.186. The normalized spacial score (nSPS) is 17.1. The van der Waals surface area contributed by atoms with Crippen molar-refractivity contribution in [3.8, 4) is 22.6 Å². The molecule has 4 aromatic rings. The van der Waals surface area contributed by atoms with Gasteiger partial charge in [0.25, 0.3) is 0 Å². The Labute approximate surface area is 169 Å². The zero-order chi connectivity index (χ0) is 19.3. The molecule has 0 aliphatic heterocycles. The number of benzene rings is 2. The molecule has 1 spiro atoms. The third kappa shape index (κ3) is 2.45. The van der Waals surface area contributed by atoms with E-state index in [0.29, 0.717) is 0 Å². The van der Waals surface area contributed by atoms with Gasteiger partial charge in [-0.15, -0.1) is 0 Å². The van der Waals surface area contributed by atoms with E-state index < -0.39 is 0 Å². The number of hydrogen-bond acceptors (Lipinski definition) is 4. The van der Waals surface area contributed by atoms with Crippen molar-refractivity contribution in [2.75, 3.05) is 0 Å². The summed E-state index contributed by atoms with van der Waals surface area (Å²) >= 11 is 0. The van der Waals surface area contributed by atoms with Crippen LogP contribution in [-0.4, -0.2) is 10.3 Å². The lowest BCUT2D eigenvalue weighted by Gasteiger charge is -2.37. The van der Waals surface area contributed by atoms with Gasteiger partial charge >= 0.3 is 0 Å². The largest absolute Gasteiger partial charge is 0.356 e. The summed E-state index contributed by atoms with van der Waals surface area (Å²) in [6.07, 6.45) is 6.33. The van der Waals surface area contributed by atoms with Crippen molar-refractivity contribution in [2.45, 2.75) is 43.9 Å². The Morgan fingerprint density at radius 2 is 1.07 bits per heavy atom. The molecule has 0 fully saturated rings. The molecule has 0 radical (unpaired) electrons. The van der Waals surface area contributed by atoms with Gasteiger partial charge in [-0.25, -0.2) is 0 Å². The van der Waals surface area contributed by atoms with E-state index in [0.717, 1.165) is 72.6 Å². The first kappa shape index (κ1) is 16.8. The van der Waals surface area contributed by atoms with Crippen LogP contribution in [-0.2, 0) is 18.3 Å². The second-order valence-corrected chi connectivity index (χ2v) is 8.20. The molecule has 0 saturated heterocycles. The van der Waals surface area contributed by atoms with E-state index in [9.17, 15) is 0 Å². The molecule has 0 atom stereocenters. The zero-order valence-electron chi connectivity index (χ0n) is 16.2. The van der Waals surface area contributed by atoms with Crippen LogP contribution in [0.15, 0.2) is 69.7 Å². The van der Waals surface area contributed by atoms with Crippen LogP contribution in [0.5, 0.6) is 0 Å². The van der Waals surface area contributed by atoms with Crippen LogP contribution < -0.4 is 0 Å². The molecule has 0 N–H and O–H groups in total. The highest BCUT2D eigenvalue weighted by Gasteiger charge is 2.48. The molecule has 6 rings (SSSR count). The maximum Gasteiger partial charge on any atom is 0.170 e. The van der Waals surface area contributed by atoms with Crippen LogP contribution in [0.4, 0.5) is 0 Å². The van der Waals surface area contributed by atoms with Gasteiger partial charge in [0.2, 0.25) is 0 Å². The second kappa shape index (κ2) is 6.45. The van der Waals surface area contributed by atoms with Gasteiger partial charge in [-0.3, -0.25) is 0 Å². The van der Waals surface area contributed by atoms with Gasteiger partial charge in [-0.05, 0) is 38.5 Å². The molecule has 2 heterocycles. The molecule has 2 aromatic carbocycles. The minimum Gasteiger partial charge on any atom is -0.356 e. The van der Waals surface area contributed by atoms with Gasteiger partial charge < -0.3 is 9.05 Å². The van der Waals surface area contributed by atoms with Crippen molar-refractivity contribution in [2.24, 2.45) is 0 Å². The van der Waals surface area contributed by atoms with E-state index in [-0.39, 0.29) is 5.41 Å². The highest BCUT2D eigenvalue weighted by molar-refractivity contribution is 5.67. The van der Waals surface area contributed by atoms with E-state index in [4.69, 9.17) is 9.05 Å². The third-order valence-corrected chi connectivity index (χ3v) is 6.62. The summed E-state index contributed by atoms with van der Waals surface area (Å²) in [6, 6.07) is 20.6. The highest BCUT2D eigenvalue weighted by atomic mass is 16.5. The fraction of sp³-hybridized carbons (Fsp3) is 0.280. The Bertz CT molecular complexity index is 1060. The smallest absolute Gasteiger partial charge is 0.170 e. The topological polar surface area (TPSA) is 52.1 Å². The molecule has 2 aromatic heterocycles. The maximum atomic E-state index is 5.93. The molecule has 2 aliphatic carbocycles. The van der Waals surface area contributed by atoms with Gasteiger partial charge in [0, 0.05) is 22.3 Å². The Hall–Kier alpha value is -3.14. The fourth-order valence-electron chi connectivity index (χ4n) is 5.31. The van der Waals surface area contributed by atoms with E-state index in [2.05, 4.69) is 34.6 Å². The van der Waals surface area contributed by atoms with E-state index >= 15 is 0 Å². The van der Waals surface area contributed by atoms with Crippen LogP contribution in [0.25, 0.3) is 22.6 Å². The zero-order valence-corrected chi connectivity index (χ0v) is 16.2. The summed E-state index contributed by atoms with van der Waals surface area (Å²) in [6.45, 7) is 0. The molecule has 0 amide bonds. The monoisotopic (exact) mass is 382 g/mol. The summed E-state index contributed by atoms with van der Waals surface area (Å²) in [5.74, 6) is 1.83. The fourth-order valence-corrected chi connectivity index (χ4v) is 5.31. The first-order chi connectivity index (χ1) is 14.4. The highest BCUT2D eigenvalue weighted by Crippen LogP contribution is 2.52. The number of nitrogens with zero attached hydrogens (tertiary/aromatic N) is 2. The van der Waals surface area contributed by atoms with Crippen LogP contribution in [0.3, 0.4) is 0 Å². The lowest BCUT2D eigenvalue weighted by atomic mass is 9.64. The molecular weight excluding hydrogens is 360 g/mol. The standard InChI is InChI=1S/C25H22N2O2/c1-3-9-17(10-4-1)21-19-13-7-15-25(23(19)26-28-21)16-8-14-20-22(29-27-24(20)25)18-11-5-2-6-12-18/h1-6,9-12H,7-8,13-16H2. The predicted molar refractivity (Wildman–Crippen MR) is 111 cm³/mol. The minimum absolute atomic E-state index is 0.186. The Morgan fingerprint density at radius 1 is 0.621 bits per heavy atom. The van der Waals surface area contributed by atoms with Crippen molar-refractivity contribution >= 4 is 0 Å². The Kier molecular flexibility index (Phi) is 3.73. The van der Waals surface area contributed by atoms with Crippen LogP contribution >= 0.6 is 0 Å². The summed E-state index contributed by atoms with van der Waals surface area (Å²) in [5, 5.41) is 9.27. The molecule has 4 nitrogen and oxygen atoms in total. The van der Waals surface area contributed by atoms with Crippen molar-refractivity contribution in [1.29, 1.82) is 0 Å². The molecule has 4 heteroatoms. The molecule has 2 aliphatic rings. The van der Waals surface area contributed by atoms with Crippen molar-refractivity contribution in [3.05, 3.63) is 83.2 Å². The Morgan fingerprint density at radius 3 is 1.52 bits per heavy atom. The summed E-state index contributed by atoms with van der Waals surface area (Å²) < 4.78 is 11.9. The number of fused-ring (bicyclic) bond motifs is 4. The van der Waals surface area contributed by atoms with Gasteiger partial charge in [-0.2, -0.15) is 0 Å². The number of rotatable bonds is 2. The summed E-state index contributed by atoms with van der Waals surface area (Å²) in [7, 11) is 0. The van der Waals surface area contributed by atoms with Gasteiger partial charge in [0.05, 0.1) is 16.8 Å². The van der Waals surface area contributed by atoms with Crippen molar-refractivity contribution in [1.82, 2.24) is 10.3 Å². The van der Waals surface area contributed by atoms with Crippen LogP contribution in [0, 0.1) is 0 Å². The number of aromatic nitrogens is 2. The molecule has 144 valence electrons. The number of hydrogen-bond donors (Lipinski definition) is 0. The first-order valence-electron chi connectivity index (χ1n) is 10.5. The van der Waals surface area contributed by atoms with Crippen LogP contribution in [0.2, 0.25) is 0 Å². The maximum absolute atomic E-state index is 5.93. The summed E-state index contributed by atoms with van der Waals surface area (Å²) in [4.78, 5) is 0. The third-order valence-electron chi connectivity index (χ3n) is 6.62. The van der Waals surface area contributed by atoms with Gasteiger partial charge in [-0.1, -0.05) is 71.0 Å². The summed E-state index contributed by atoms with van der Waals surface area (Å²) in [5.41, 5.74) is 6.67. The SMILES string of the molecule is c1ccc(-c2onc3c2CCCC32CCCc3c2noc3-c2ccccc2)cc1. The molecule has 29 heavy (non-hydrogen) atoms. The quantitative estimate of drug-likeness (QED) is 0.429. The average molecular weight is 382 g/mol. The van der Waals surface area contributed by atoms with Crippen molar-refractivity contribution in [3.63, 3.8) is 0 Å². The van der Waals surface area contributed by atoms with E-state index in [1.165, 1.54) is 11.1 Å². The lowest BCUT2D eigenvalue weighted by Crippen LogP contribution is -2.36. The molecule has 0 unspecified atom stereocenters. The van der Waals surface area contributed by atoms with E-state index in [1.807, 2.05) is 36.4 Å². The van der Waals surface area contributed by atoms with Crippen molar-refractivity contribution < 1.29 is 9.05 Å².